The molecular weight excluding hydrogens is 502 g/mol. The lowest BCUT2D eigenvalue weighted by Crippen LogP contribution is -2.57. The van der Waals surface area contributed by atoms with Gasteiger partial charge >= 0.3 is 11.9 Å². The van der Waals surface area contributed by atoms with Gasteiger partial charge in [0.1, 0.15) is 18.1 Å². The number of benzene rings is 1. The number of fused-ring (bicyclic) bond motifs is 1. The van der Waals surface area contributed by atoms with Crippen LogP contribution in [0.5, 0.6) is 0 Å². The number of nitrogens with one attached hydrogen (secondary N) is 4. The summed E-state index contributed by atoms with van der Waals surface area (Å²) >= 11 is 1.54. The number of carboxylic acid groups (broad SMARTS) is 2. The van der Waals surface area contributed by atoms with Crippen LogP contribution in [-0.4, -0.2) is 81.0 Å². The number of hydrogen-bond acceptors (Lipinski definition) is 7. The van der Waals surface area contributed by atoms with Gasteiger partial charge in [0.2, 0.25) is 17.7 Å². The number of aliphatic carboxylic acids is 2. The van der Waals surface area contributed by atoms with Gasteiger partial charge in [-0.25, -0.2) is 4.79 Å². The maximum absolute atomic E-state index is 13.1. The SMILES string of the molecule is CSCCC(N)C(=O)NC(C)C(=O)NC(Cc1c[nH]c2ccccc12)C(=O)NC(CCC(=O)O)C(=O)O. The molecule has 0 fully saturated rings. The highest BCUT2D eigenvalue weighted by atomic mass is 32.2. The summed E-state index contributed by atoms with van der Waals surface area (Å²) in [6.45, 7) is 1.45. The topological polar surface area (TPSA) is 204 Å². The summed E-state index contributed by atoms with van der Waals surface area (Å²) in [5.41, 5.74) is 7.37. The molecule has 13 heteroatoms. The van der Waals surface area contributed by atoms with Gasteiger partial charge in [0.25, 0.3) is 0 Å². The summed E-state index contributed by atoms with van der Waals surface area (Å²) in [7, 11) is 0. The van der Waals surface area contributed by atoms with Gasteiger partial charge in [0, 0.05) is 29.9 Å². The van der Waals surface area contributed by atoms with Crippen molar-refractivity contribution in [3.63, 3.8) is 0 Å². The van der Waals surface area contributed by atoms with Crippen LogP contribution in [0.4, 0.5) is 0 Å². The molecular formula is C24H33N5O7S. The van der Waals surface area contributed by atoms with Gasteiger partial charge in [-0.2, -0.15) is 11.8 Å². The average molecular weight is 536 g/mol. The van der Waals surface area contributed by atoms with Gasteiger partial charge in [0.05, 0.1) is 6.04 Å². The first kappa shape index (κ1) is 29.6. The number of rotatable bonds is 15. The Morgan fingerprint density at radius 1 is 0.973 bits per heavy atom. The van der Waals surface area contributed by atoms with Crippen molar-refractivity contribution < 1.29 is 34.2 Å². The van der Waals surface area contributed by atoms with Crippen LogP contribution in [-0.2, 0) is 30.4 Å². The first-order chi connectivity index (χ1) is 17.5. The number of thioether (sulfide) groups is 1. The third kappa shape index (κ3) is 9.10. The van der Waals surface area contributed by atoms with Crippen molar-refractivity contribution in [3.05, 3.63) is 36.0 Å². The van der Waals surface area contributed by atoms with Crippen LogP contribution < -0.4 is 21.7 Å². The molecule has 0 saturated carbocycles. The van der Waals surface area contributed by atoms with Gasteiger partial charge in [-0.15, -0.1) is 0 Å². The summed E-state index contributed by atoms with van der Waals surface area (Å²) in [4.78, 5) is 63.9. The second-order valence-electron chi connectivity index (χ2n) is 8.57. The quantitative estimate of drug-likeness (QED) is 0.166. The van der Waals surface area contributed by atoms with Crippen LogP contribution in [0.1, 0.15) is 31.7 Å². The number of aromatic amines is 1. The molecule has 37 heavy (non-hydrogen) atoms. The van der Waals surface area contributed by atoms with Crippen LogP contribution in [0.2, 0.25) is 0 Å². The first-order valence-corrected chi connectivity index (χ1v) is 13.1. The van der Waals surface area contributed by atoms with E-state index in [-0.39, 0.29) is 12.8 Å². The Morgan fingerprint density at radius 2 is 1.65 bits per heavy atom. The molecule has 1 heterocycles. The monoisotopic (exact) mass is 535 g/mol. The van der Waals surface area contributed by atoms with E-state index in [9.17, 15) is 29.1 Å². The number of amides is 3. The Labute approximate surface area is 218 Å². The number of carboxylic acids is 2. The standard InChI is InChI=1S/C24H33N5O7S/c1-13(27-22(33)16(25)9-10-37-2)21(32)29-19(11-14-12-26-17-6-4-3-5-15(14)17)23(34)28-18(24(35)36)7-8-20(30)31/h3-6,12-13,16,18-19,26H,7-11,25H2,1-2H3,(H,27,33)(H,28,34)(H,29,32)(H,30,31)(H,35,36). The van der Waals surface area contributed by atoms with Gasteiger partial charge < -0.3 is 36.9 Å². The predicted molar refractivity (Wildman–Crippen MR) is 139 cm³/mol. The maximum atomic E-state index is 13.1. The lowest BCUT2D eigenvalue weighted by atomic mass is 10.0. The van der Waals surface area contributed by atoms with Gasteiger partial charge in [-0.3, -0.25) is 19.2 Å². The smallest absolute Gasteiger partial charge is 0.326 e. The number of carbonyl (C=O) groups excluding carboxylic acids is 3. The molecule has 4 unspecified atom stereocenters. The summed E-state index contributed by atoms with van der Waals surface area (Å²) < 4.78 is 0. The normalized spacial score (nSPS) is 14.2. The number of carbonyl (C=O) groups is 5. The highest BCUT2D eigenvalue weighted by Gasteiger charge is 2.29. The molecule has 0 saturated heterocycles. The van der Waals surface area contributed by atoms with E-state index < -0.39 is 60.2 Å². The molecule has 12 nitrogen and oxygen atoms in total. The zero-order chi connectivity index (χ0) is 27.5. The molecule has 1 aromatic heterocycles. The largest absolute Gasteiger partial charge is 0.481 e. The highest BCUT2D eigenvalue weighted by molar-refractivity contribution is 7.98. The van der Waals surface area contributed by atoms with E-state index in [0.717, 1.165) is 10.9 Å². The van der Waals surface area contributed by atoms with Crippen molar-refractivity contribution in [2.45, 2.75) is 56.8 Å². The molecule has 1 aromatic carbocycles. The molecule has 0 radical (unpaired) electrons. The second-order valence-corrected chi connectivity index (χ2v) is 9.56. The van der Waals surface area contributed by atoms with Crippen LogP contribution in [0.3, 0.4) is 0 Å². The van der Waals surface area contributed by atoms with Crippen molar-refractivity contribution in [3.8, 4) is 0 Å². The van der Waals surface area contributed by atoms with Crippen molar-refractivity contribution >= 4 is 52.3 Å². The van der Waals surface area contributed by atoms with Crippen molar-refractivity contribution in [1.29, 1.82) is 0 Å². The van der Waals surface area contributed by atoms with Crippen molar-refractivity contribution in [2.24, 2.45) is 5.73 Å². The fourth-order valence-electron chi connectivity index (χ4n) is 3.59. The van der Waals surface area contributed by atoms with Crippen LogP contribution in [0.25, 0.3) is 10.9 Å². The Balaban J connectivity index is 2.19. The highest BCUT2D eigenvalue weighted by Crippen LogP contribution is 2.19. The van der Waals surface area contributed by atoms with Crippen molar-refractivity contribution in [2.75, 3.05) is 12.0 Å². The van der Waals surface area contributed by atoms with Crippen molar-refractivity contribution in [1.82, 2.24) is 20.9 Å². The summed E-state index contributed by atoms with van der Waals surface area (Å²) in [6.07, 6.45) is 3.23. The third-order valence-electron chi connectivity index (χ3n) is 5.72. The van der Waals surface area contributed by atoms with E-state index in [1.165, 1.54) is 18.7 Å². The molecule has 0 aliphatic rings. The first-order valence-electron chi connectivity index (χ1n) is 11.7. The lowest BCUT2D eigenvalue weighted by Gasteiger charge is -2.23. The van der Waals surface area contributed by atoms with Crippen LogP contribution in [0, 0.1) is 0 Å². The fraction of sp³-hybridized carbons (Fsp3) is 0.458. The van der Waals surface area contributed by atoms with Crippen LogP contribution >= 0.6 is 11.8 Å². The average Bonchev–Trinajstić information content (AvgIpc) is 3.26. The third-order valence-corrected chi connectivity index (χ3v) is 6.36. The summed E-state index contributed by atoms with van der Waals surface area (Å²) in [5.74, 6) is -3.89. The van der Waals surface area contributed by atoms with E-state index in [2.05, 4.69) is 20.9 Å². The van der Waals surface area contributed by atoms with E-state index in [4.69, 9.17) is 10.8 Å². The molecule has 202 valence electrons. The summed E-state index contributed by atoms with van der Waals surface area (Å²) in [6, 6.07) is 2.85. The number of H-pyrrole nitrogens is 1. The van der Waals surface area contributed by atoms with E-state index in [1.807, 2.05) is 30.5 Å². The Morgan fingerprint density at radius 3 is 2.30 bits per heavy atom. The van der Waals surface area contributed by atoms with Gasteiger partial charge in [-0.05, 0) is 43.4 Å². The molecule has 8 N–H and O–H groups in total. The number of hydrogen-bond donors (Lipinski definition) is 7. The number of para-hydroxylation sites is 1. The van der Waals surface area contributed by atoms with Gasteiger partial charge in [0.15, 0.2) is 0 Å². The fourth-order valence-corrected chi connectivity index (χ4v) is 4.08. The lowest BCUT2D eigenvalue weighted by molar-refractivity contribution is -0.143. The molecule has 0 spiro atoms. The minimum atomic E-state index is -1.46. The Bertz CT molecular complexity index is 1120. The van der Waals surface area contributed by atoms with E-state index in [1.54, 1.807) is 6.20 Å². The maximum Gasteiger partial charge on any atom is 0.326 e. The van der Waals surface area contributed by atoms with E-state index in [0.29, 0.717) is 17.7 Å². The molecule has 2 aromatic rings. The number of aromatic nitrogens is 1. The predicted octanol–water partition coefficient (Wildman–Crippen LogP) is 0.215. The van der Waals surface area contributed by atoms with Crippen LogP contribution in [0.15, 0.2) is 30.5 Å². The Kier molecular flexibility index (Phi) is 11.4. The molecule has 0 aliphatic heterocycles. The van der Waals surface area contributed by atoms with Gasteiger partial charge in [-0.1, -0.05) is 18.2 Å². The molecule has 0 bridgehead atoms. The zero-order valence-electron chi connectivity index (χ0n) is 20.7. The molecule has 4 atom stereocenters. The molecule has 0 aliphatic carbocycles. The number of nitrogens with two attached hydrogens (primary N) is 1. The minimum absolute atomic E-state index is 0.0146. The van der Waals surface area contributed by atoms with E-state index >= 15 is 0 Å². The summed E-state index contributed by atoms with van der Waals surface area (Å²) in [5, 5.41) is 26.6. The molecule has 3 amide bonds. The zero-order valence-corrected chi connectivity index (χ0v) is 21.5. The molecule has 2 rings (SSSR count). The second kappa shape index (κ2) is 14.2. The Hall–Kier alpha value is -3.58. The minimum Gasteiger partial charge on any atom is -0.481 e.